The van der Waals surface area contributed by atoms with Crippen molar-refractivity contribution in [1.29, 1.82) is 0 Å². The molecule has 5 nitrogen and oxygen atoms in total. The number of aromatic nitrogens is 1. The fourth-order valence-electron chi connectivity index (χ4n) is 4.92. The van der Waals surface area contributed by atoms with Gasteiger partial charge in [-0.05, 0) is 55.3 Å². The quantitative estimate of drug-likeness (QED) is 0.190. The van der Waals surface area contributed by atoms with Crippen molar-refractivity contribution in [3.05, 3.63) is 111 Å². The van der Waals surface area contributed by atoms with Crippen molar-refractivity contribution >= 4 is 44.8 Å². The van der Waals surface area contributed by atoms with Crippen LogP contribution in [0.2, 0.25) is 5.02 Å². The van der Waals surface area contributed by atoms with Gasteiger partial charge in [-0.2, -0.15) is 0 Å². The van der Waals surface area contributed by atoms with Crippen LogP contribution in [0, 0.1) is 13.8 Å². The third kappa shape index (κ3) is 3.98. The number of rotatable bonds is 4. The van der Waals surface area contributed by atoms with Gasteiger partial charge in [-0.15, -0.1) is 0 Å². The van der Waals surface area contributed by atoms with E-state index in [1.54, 1.807) is 6.07 Å². The van der Waals surface area contributed by atoms with E-state index in [9.17, 15) is 4.79 Å². The van der Waals surface area contributed by atoms with Crippen molar-refractivity contribution in [2.24, 2.45) is 0 Å². The lowest BCUT2D eigenvalue weighted by atomic mass is 9.90. The molecule has 3 N–H and O–H groups in total. The first-order valence-electron chi connectivity index (χ1n) is 12.0. The smallest absolute Gasteiger partial charge is 0.200 e. The largest absolute Gasteiger partial charge is 0.455 e. The van der Waals surface area contributed by atoms with Crippen LogP contribution in [-0.2, 0) is 6.54 Å². The molecular weight excluding hydrogens is 482 g/mol. The number of fused-ring (bicyclic) bond motifs is 3. The number of nitrogens with zero attached hydrogens (tertiary/aromatic N) is 1. The molecule has 0 fully saturated rings. The van der Waals surface area contributed by atoms with E-state index in [-0.39, 0.29) is 10.5 Å². The maximum absolute atomic E-state index is 12.5. The number of nitrogen functional groups attached to an aromatic ring is 1. The summed E-state index contributed by atoms with van der Waals surface area (Å²) in [5.74, 6) is 0.467. The van der Waals surface area contributed by atoms with Crippen molar-refractivity contribution in [2.45, 2.75) is 20.4 Å². The molecule has 0 amide bonds. The average molecular weight is 506 g/mol. The molecule has 2 aliphatic rings. The van der Waals surface area contributed by atoms with Crippen molar-refractivity contribution in [2.75, 3.05) is 11.1 Å². The molecule has 0 spiro atoms. The van der Waals surface area contributed by atoms with E-state index in [0.29, 0.717) is 23.6 Å². The number of hydrogen-bond acceptors (Lipinski definition) is 5. The van der Waals surface area contributed by atoms with Crippen LogP contribution in [-0.4, -0.2) is 4.98 Å². The third-order valence-corrected chi connectivity index (χ3v) is 7.11. The summed E-state index contributed by atoms with van der Waals surface area (Å²) in [4.78, 5) is 17.2. The lowest BCUT2D eigenvalue weighted by molar-refractivity contribution is 0.615. The van der Waals surface area contributed by atoms with Crippen LogP contribution in [0.1, 0.15) is 16.8 Å². The highest BCUT2D eigenvalue weighted by Crippen LogP contribution is 2.43. The van der Waals surface area contributed by atoms with Crippen molar-refractivity contribution in [1.82, 2.24) is 4.98 Å². The van der Waals surface area contributed by atoms with Gasteiger partial charge in [0.25, 0.3) is 0 Å². The third-order valence-electron chi connectivity index (χ3n) is 6.81. The number of nitrogens with one attached hydrogen (secondary N) is 1. The van der Waals surface area contributed by atoms with Crippen LogP contribution >= 0.6 is 11.6 Å². The van der Waals surface area contributed by atoms with Gasteiger partial charge >= 0.3 is 0 Å². The van der Waals surface area contributed by atoms with E-state index >= 15 is 0 Å². The fourth-order valence-corrected chi connectivity index (χ4v) is 5.09. The Balaban J connectivity index is 1.58. The molecule has 2 heterocycles. The maximum Gasteiger partial charge on any atom is 0.200 e. The number of para-hydroxylation sites is 1. The molecule has 0 radical (unpaired) electrons. The lowest BCUT2D eigenvalue weighted by Crippen LogP contribution is -2.07. The topological polar surface area (TPSA) is 81.1 Å². The van der Waals surface area contributed by atoms with E-state index < -0.39 is 0 Å². The van der Waals surface area contributed by atoms with Crippen LogP contribution in [0.15, 0.2) is 88.1 Å². The van der Waals surface area contributed by atoms with E-state index in [2.05, 4.69) is 30.4 Å². The number of hydrogen-bond donors (Lipinski definition) is 2. The van der Waals surface area contributed by atoms with Gasteiger partial charge < -0.3 is 15.5 Å². The molecule has 182 valence electrons. The van der Waals surface area contributed by atoms with Gasteiger partial charge in [-0.25, -0.2) is 0 Å². The highest BCUT2D eigenvalue weighted by atomic mass is 35.5. The van der Waals surface area contributed by atoms with Crippen LogP contribution < -0.4 is 16.5 Å². The summed E-state index contributed by atoms with van der Waals surface area (Å²) in [6.45, 7) is 4.46. The van der Waals surface area contributed by atoms with Crippen LogP contribution in [0.4, 0.5) is 11.4 Å². The van der Waals surface area contributed by atoms with Gasteiger partial charge in [-0.1, -0.05) is 54.1 Å². The molecule has 0 saturated carbocycles. The zero-order valence-electron chi connectivity index (χ0n) is 20.4. The Hall–Kier alpha value is -4.35. The Morgan fingerprint density at radius 3 is 2.62 bits per heavy atom. The molecule has 1 aromatic heterocycles. The maximum atomic E-state index is 12.5. The fraction of sp³-hybridized carbons (Fsp3) is 0.0968. The molecule has 0 saturated heterocycles. The molecule has 0 bridgehead atoms. The zero-order chi connectivity index (χ0) is 25.7. The van der Waals surface area contributed by atoms with Gasteiger partial charge in [0.1, 0.15) is 11.3 Å². The lowest BCUT2D eigenvalue weighted by Gasteiger charge is -2.20. The molecule has 4 aromatic rings. The standard InChI is InChI=1S/C31H24ClN3O2/c1-17-6-3-4-8-20(17)29-21-12-13-25(33)23(31(21)37-28-15-27(36)24(32)14-22(28)29)16-34-26-9-5-7-19-11-10-18(2)35-30(19)26/h3-15,34H,16,33H2,1-2H3. The van der Waals surface area contributed by atoms with E-state index in [0.717, 1.165) is 55.5 Å². The Bertz CT molecular complexity index is 1860. The molecular formula is C31H24ClN3O2. The van der Waals surface area contributed by atoms with Crippen LogP contribution in [0.3, 0.4) is 0 Å². The first kappa shape index (κ1) is 23.1. The molecule has 1 aliphatic heterocycles. The molecule has 37 heavy (non-hydrogen) atoms. The molecule has 6 rings (SSSR count). The molecule has 3 aromatic carbocycles. The number of aryl methyl sites for hydroxylation is 2. The first-order chi connectivity index (χ1) is 17.9. The molecule has 0 atom stereocenters. The van der Waals surface area contributed by atoms with Crippen molar-refractivity contribution in [3.8, 4) is 22.5 Å². The molecule has 0 unspecified atom stereocenters. The summed E-state index contributed by atoms with van der Waals surface area (Å²) >= 11 is 6.28. The normalized spacial score (nSPS) is 11.4. The van der Waals surface area contributed by atoms with E-state index in [1.165, 1.54) is 6.07 Å². The highest BCUT2D eigenvalue weighted by molar-refractivity contribution is 6.31. The van der Waals surface area contributed by atoms with E-state index in [4.69, 9.17) is 26.7 Å². The van der Waals surface area contributed by atoms with Gasteiger partial charge in [-0.3, -0.25) is 9.78 Å². The Morgan fingerprint density at radius 1 is 0.946 bits per heavy atom. The number of nitrogens with two attached hydrogens (primary N) is 1. The summed E-state index contributed by atoms with van der Waals surface area (Å²) < 4.78 is 6.40. The van der Waals surface area contributed by atoms with Gasteiger partial charge in [0.15, 0.2) is 0 Å². The van der Waals surface area contributed by atoms with Gasteiger partial charge in [0, 0.05) is 51.5 Å². The summed E-state index contributed by atoms with van der Waals surface area (Å²) in [6.07, 6.45) is 0. The minimum absolute atomic E-state index is 0.160. The second-order valence-corrected chi connectivity index (χ2v) is 9.67. The van der Waals surface area contributed by atoms with Gasteiger partial charge in [0.2, 0.25) is 5.43 Å². The predicted octanol–water partition coefficient (Wildman–Crippen LogP) is 7.58. The second kappa shape index (κ2) is 8.95. The zero-order valence-corrected chi connectivity index (χ0v) is 21.2. The number of pyridine rings is 1. The van der Waals surface area contributed by atoms with Crippen LogP contribution in [0.25, 0.3) is 44.3 Å². The van der Waals surface area contributed by atoms with Gasteiger partial charge in [0.05, 0.1) is 16.2 Å². The van der Waals surface area contributed by atoms with E-state index in [1.807, 2.05) is 55.5 Å². The Morgan fingerprint density at radius 2 is 1.78 bits per heavy atom. The first-order valence-corrected chi connectivity index (χ1v) is 12.4. The number of anilines is 2. The average Bonchev–Trinajstić information content (AvgIpc) is 2.88. The molecule has 1 aliphatic carbocycles. The van der Waals surface area contributed by atoms with Crippen molar-refractivity contribution in [3.63, 3.8) is 0 Å². The minimum Gasteiger partial charge on any atom is -0.455 e. The monoisotopic (exact) mass is 505 g/mol. The van der Waals surface area contributed by atoms with Crippen LogP contribution in [0.5, 0.6) is 0 Å². The van der Waals surface area contributed by atoms with Crippen molar-refractivity contribution < 1.29 is 4.42 Å². The second-order valence-electron chi connectivity index (χ2n) is 9.26. The Labute approximate surface area is 218 Å². The predicted molar refractivity (Wildman–Crippen MR) is 153 cm³/mol. The summed E-state index contributed by atoms with van der Waals surface area (Å²) in [6, 6.07) is 25.3. The molecule has 6 heteroatoms. The SMILES string of the molecule is Cc1ccc2cccc(NCc3c(N)ccc4c(-c5ccccc5C)c5cc(Cl)c(=O)cc-5oc34)c2n1. The summed E-state index contributed by atoms with van der Waals surface area (Å²) in [5.41, 5.74) is 14.9. The number of benzene rings is 4. The minimum atomic E-state index is -0.284. The number of halogens is 1. The summed E-state index contributed by atoms with van der Waals surface area (Å²) in [5, 5.41) is 5.63. The Kier molecular flexibility index (Phi) is 5.58. The summed E-state index contributed by atoms with van der Waals surface area (Å²) in [7, 11) is 0. The highest BCUT2D eigenvalue weighted by Gasteiger charge is 2.22.